The van der Waals surface area contributed by atoms with E-state index >= 15 is 0 Å². The molecule has 15 heavy (non-hydrogen) atoms. The first-order chi connectivity index (χ1) is 7.28. The molecule has 0 aliphatic rings. The summed E-state index contributed by atoms with van der Waals surface area (Å²) < 4.78 is 5.10. The van der Waals surface area contributed by atoms with Crippen molar-refractivity contribution in [3.8, 4) is 0 Å². The van der Waals surface area contributed by atoms with E-state index in [1.807, 2.05) is 17.3 Å². The minimum absolute atomic E-state index is 0.868. The van der Waals surface area contributed by atoms with E-state index in [-0.39, 0.29) is 0 Å². The van der Waals surface area contributed by atoms with Gasteiger partial charge in [0.2, 0.25) is 6.33 Å². The number of hydrogen-bond donors (Lipinski definition) is 0. The van der Waals surface area contributed by atoms with Gasteiger partial charge in [0.1, 0.15) is 6.54 Å². The van der Waals surface area contributed by atoms with Crippen LogP contribution < -0.4 is 4.57 Å². The predicted octanol–water partition coefficient (Wildman–Crippen LogP) is 2.00. The van der Waals surface area contributed by atoms with Crippen LogP contribution >= 0.6 is 15.9 Å². The smallest absolute Gasteiger partial charge is 0.233 e. The molecule has 0 atom stereocenters. The number of aromatic nitrogens is 3. The predicted molar refractivity (Wildman–Crippen MR) is 61.3 cm³/mol. The van der Waals surface area contributed by atoms with Gasteiger partial charge < -0.3 is 0 Å². The summed E-state index contributed by atoms with van der Waals surface area (Å²) >= 11 is 3.42. The Morgan fingerprint density at radius 1 is 1.33 bits per heavy atom. The summed E-state index contributed by atoms with van der Waals surface area (Å²) in [6, 6.07) is 8.33. The van der Waals surface area contributed by atoms with Gasteiger partial charge in [-0.05, 0) is 24.6 Å². The second-order valence-electron chi connectivity index (χ2n) is 3.40. The van der Waals surface area contributed by atoms with Crippen LogP contribution in [0.15, 0.2) is 41.4 Å². The average molecular weight is 267 g/mol. The summed E-state index contributed by atoms with van der Waals surface area (Å²) in [7, 11) is 0. The van der Waals surface area contributed by atoms with E-state index < -0.39 is 0 Å². The number of halogens is 1. The highest BCUT2D eigenvalue weighted by Gasteiger charge is 2.03. The lowest BCUT2D eigenvalue weighted by atomic mass is 10.2. The van der Waals surface area contributed by atoms with Gasteiger partial charge in [0.25, 0.3) is 6.33 Å². The molecule has 0 radical (unpaired) electrons. The van der Waals surface area contributed by atoms with Crippen LogP contribution in [0.5, 0.6) is 0 Å². The van der Waals surface area contributed by atoms with Crippen molar-refractivity contribution in [3.05, 3.63) is 47.0 Å². The molecule has 2 rings (SSSR count). The molecule has 0 unspecified atom stereocenters. The SMILES string of the molecule is CCn1c[n+](Cc2ccc(Br)cc2)cn1. The van der Waals surface area contributed by atoms with E-state index in [0.717, 1.165) is 17.6 Å². The monoisotopic (exact) mass is 266 g/mol. The van der Waals surface area contributed by atoms with E-state index in [1.54, 1.807) is 0 Å². The maximum Gasteiger partial charge on any atom is 0.265 e. The molecule has 78 valence electrons. The third-order valence-corrected chi connectivity index (χ3v) is 2.76. The second kappa shape index (κ2) is 4.57. The van der Waals surface area contributed by atoms with E-state index in [0.29, 0.717) is 0 Å². The lowest BCUT2D eigenvalue weighted by Gasteiger charge is -1.97. The van der Waals surface area contributed by atoms with Gasteiger partial charge in [0.15, 0.2) is 0 Å². The van der Waals surface area contributed by atoms with Crippen molar-refractivity contribution < 1.29 is 4.57 Å². The Kier molecular flexibility index (Phi) is 3.16. The Balaban J connectivity index is 2.11. The van der Waals surface area contributed by atoms with Gasteiger partial charge in [-0.3, -0.25) is 0 Å². The first-order valence-corrected chi connectivity index (χ1v) is 5.73. The van der Waals surface area contributed by atoms with Crippen LogP contribution in [0.25, 0.3) is 0 Å². The van der Waals surface area contributed by atoms with Crippen LogP contribution in [0.3, 0.4) is 0 Å². The molecule has 0 aliphatic heterocycles. The standard InChI is InChI=1S/C11H13BrN3/c1-2-15-9-14(8-13-15)7-10-3-5-11(12)6-4-10/h3-6,8-9H,2,7H2,1H3/q+1. The minimum atomic E-state index is 0.868. The quantitative estimate of drug-likeness (QED) is 0.779. The van der Waals surface area contributed by atoms with Crippen LogP contribution in [-0.2, 0) is 13.1 Å². The Labute approximate surface area is 97.5 Å². The normalized spacial score (nSPS) is 10.5. The molecule has 0 saturated heterocycles. The second-order valence-corrected chi connectivity index (χ2v) is 4.32. The Hall–Kier alpha value is -1.16. The number of hydrogen-bond acceptors (Lipinski definition) is 1. The van der Waals surface area contributed by atoms with Crippen LogP contribution in [0, 0.1) is 0 Å². The fourth-order valence-corrected chi connectivity index (χ4v) is 1.67. The lowest BCUT2D eigenvalue weighted by Crippen LogP contribution is -2.31. The zero-order chi connectivity index (χ0) is 10.7. The molecule has 4 heteroatoms. The number of rotatable bonds is 3. The maximum absolute atomic E-state index is 4.22. The van der Waals surface area contributed by atoms with Gasteiger partial charge in [0.05, 0.1) is 6.54 Å². The molecule has 2 aromatic rings. The molecule has 1 aromatic carbocycles. The van der Waals surface area contributed by atoms with E-state index in [9.17, 15) is 0 Å². The molecule has 0 fully saturated rings. The topological polar surface area (TPSA) is 21.7 Å². The summed E-state index contributed by atoms with van der Waals surface area (Å²) in [4.78, 5) is 0. The molecular formula is C11H13BrN3+. The summed E-state index contributed by atoms with van der Waals surface area (Å²) in [5.41, 5.74) is 1.28. The fraction of sp³-hybridized carbons (Fsp3) is 0.273. The molecule has 1 aromatic heterocycles. The highest BCUT2D eigenvalue weighted by atomic mass is 79.9. The zero-order valence-corrected chi connectivity index (χ0v) is 10.2. The van der Waals surface area contributed by atoms with Crippen LogP contribution in [0.2, 0.25) is 0 Å². The average Bonchev–Trinajstić information content (AvgIpc) is 2.69. The Bertz CT molecular complexity index is 433. The van der Waals surface area contributed by atoms with Crippen molar-refractivity contribution in [2.75, 3.05) is 0 Å². The Morgan fingerprint density at radius 3 is 2.67 bits per heavy atom. The molecule has 0 aliphatic carbocycles. The highest BCUT2D eigenvalue weighted by Crippen LogP contribution is 2.09. The zero-order valence-electron chi connectivity index (χ0n) is 8.60. The van der Waals surface area contributed by atoms with Gasteiger partial charge in [-0.1, -0.05) is 28.1 Å². The summed E-state index contributed by atoms with van der Waals surface area (Å²) in [5, 5.41) is 4.22. The molecule has 0 N–H and O–H groups in total. The van der Waals surface area contributed by atoms with Crippen molar-refractivity contribution in [1.29, 1.82) is 0 Å². The summed E-state index contributed by atoms with van der Waals surface area (Å²) in [5.74, 6) is 0. The van der Waals surface area contributed by atoms with Crippen molar-refractivity contribution in [2.24, 2.45) is 0 Å². The third-order valence-electron chi connectivity index (χ3n) is 2.23. The van der Waals surface area contributed by atoms with Gasteiger partial charge in [-0.15, -0.1) is 4.68 Å². The van der Waals surface area contributed by atoms with Crippen LogP contribution in [0.1, 0.15) is 12.5 Å². The molecule has 0 bridgehead atoms. The molecule has 3 nitrogen and oxygen atoms in total. The molecular weight excluding hydrogens is 254 g/mol. The molecule has 0 saturated carbocycles. The number of nitrogens with zero attached hydrogens (tertiary/aromatic N) is 3. The number of aryl methyl sites for hydroxylation is 1. The molecule has 1 heterocycles. The van der Waals surface area contributed by atoms with Crippen molar-refractivity contribution >= 4 is 15.9 Å². The summed E-state index contributed by atoms with van der Waals surface area (Å²) in [6.45, 7) is 3.86. The van der Waals surface area contributed by atoms with E-state index in [1.165, 1.54) is 5.56 Å². The van der Waals surface area contributed by atoms with E-state index in [4.69, 9.17) is 0 Å². The highest BCUT2D eigenvalue weighted by molar-refractivity contribution is 9.10. The van der Waals surface area contributed by atoms with Gasteiger partial charge in [0, 0.05) is 9.57 Å². The van der Waals surface area contributed by atoms with Gasteiger partial charge in [-0.2, -0.15) is 0 Å². The minimum Gasteiger partial charge on any atom is -0.233 e. The Morgan fingerprint density at radius 2 is 2.07 bits per heavy atom. The van der Waals surface area contributed by atoms with E-state index in [2.05, 4.69) is 56.8 Å². The number of benzene rings is 1. The third kappa shape index (κ3) is 2.65. The first-order valence-electron chi connectivity index (χ1n) is 4.94. The lowest BCUT2D eigenvalue weighted by molar-refractivity contribution is -0.689. The molecule has 0 spiro atoms. The van der Waals surface area contributed by atoms with Gasteiger partial charge in [-0.25, -0.2) is 4.57 Å². The largest absolute Gasteiger partial charge is 0.265 e. The van der Waals surface area contributed by atoms with Crippen molar-refractivity contribution in [2.45, 2.75) is 20.0 Å². The van der Waals surface area contributed by atoms with Crippen molar-refractivity contribution in [3.63, 3.8) is 0 Å². The maximum atomic E-state index is 4.22. The first kappa shape index (κ1) is 10.4. The fourth-order valence-electron chi connectivity index (χ4n) is 1.41. The van der Waals surface area contributed by atoms with Crippen LogP contribution in [-0.4, -0.2) is 9.78 Å². The molecule has 0 amide bonds. The van der Waals surface area contributed by atoms with Gasteiger partial charge >= 0.3 is 0 Å². The summed E-state index contributed by atoms with van der Waals surface area (Å²) in [6.07, 6.45) is 3.87. The van der Waals surface area contributed by atoms with Crippen molar-refractivity contribution in [1.82, 2.24) is 9.78 Å². The van der Waals surface area contributed by atoms with Crippen LogP contribution in [0.4, 0.5) is 0 Å².